The molecule has 0 aliphatic carbocycles. The number of nitrogens with zero attached hydrogens (tertiary/aromatic N) is 2. The Kier molecular flexibility index (Phi) is 5.09. The standard InChI is InChI=1S/C19H18FN3O2/c1-23(13-16-8-5-11-25-16)19(24)22-18(17-9-2-3-10-21-17)14-6-4-7-15(20)12-14/h2-12,18H,13H2,1H3,(H,22,24)/t18-/m0/s1. The molecule has 1 N–H and O–H groups in total. The van der Waals surface area contributed by atoms with Crippen LogP contribution in [0.4, 0.5) is 9.18 Å². The predicted molar refractivity (Wildman–Crippen MR) is 91.2 cm³/mol. The summed E-state index contributed by atoms with van der Waals surface area (Å²) < 4.78 is 18.9. The van der Waals surface area contributed by atoms with Crippen LogP contribution in [0.5, 0.6) is 0 Å². The van der Waals surface area contributed by atoms with E-state index in [1.54, 1.807) is 55.9 Å². The van der Waals surface area contributed by atoms with E-state index in [1.807, 2.05) is 6.07 Å². The molecule has 0 spiro atoms. The first kappa shape index (κ1) is 16.7. The number of carbonyl (C=O) groups excluding carboxylic acids is 1. The molecular formula is C19H18FN3O2. The second-order valence-corrected chi connectivity index (χ2v) is 5.63. The summed E-state index contributed by atoms with van der Waals surface area (Å²) in [7, 11) is 1.67. The zero-order chi connectivity index (χ0) is 17.6. The SMILES string of the molecule is CN(Cc1ccco1)C(=O)N[C@@H](c1cccc(F)c1)c1ccccn1. The first-order chi connectivity index (χ1) is 12.1. The van der Waals surface area contributed by atoms with Crippen LogP contribution in [0.25, 0.3) is 0 Å². The molecular weight excluding hydrogens is 321 g/mol. The molecule has 0 aliphatic heterocycles. The van der Waals surface area contributed by atoms with Gasteiger partial charge in [-0.3, -0.25) is 4.98 Å². The molecule has 0 saturated carbocycles. The number of aromatic nitrogens is 1. The van der Waals surface area contributed by atoms with Crippen LogP contribution in [-0.2, 0) is 6.54 Å². The number of nitrogens with one attached hydrogen (secondary N) is 1. The lowest BCUT2D eigenvalue weighted by atomic mass is 10.0. The fraction of sp³-hybridized carbons (Fsp3) is 0.158. The highest BCUT2D eigenvalue weighted by molar-refractivity contribution is 5.74. The van der Waals surface area contributed by atoms with Gasteiger partial charge in [0.2, 0.25) is 0 Å². The summed E-state index contributed by atoms with van der Waals surface area (Å²) >= 11 is 0. The molecule has 2 aromatic heterocycles. The van der Waals surface area contributed by atoms with Crippen LogP contribution in [0, 0.1) is 5.82 Å². The quantitative estimate of drug-likeness (QED) is 0.770. The highest BCUT2D eigenvalue weighted by Crippen LogP contribution is 2.21. The molecule has 6 heteroatoms. The van der Waals surface area contributed by atoms with E-state index in [2.05, 4.69) is 10.3 Å². The monoisotopic (exact) mass is 339 g/mol. The lowest BCUT2D eigenvalue weighted by Crippen LogP contribution is -2.39. The number of amides is 2. The van der Waals surface area contributed by atoms with E-state index in [0.717, 1.165) is 0 Å². The maximum absolute atomic E-state index is 13.6. The van der Waals surface area contributed by atoms with Crippen molar-refractivity contribution in [1.82, 2.24) is 15.2 Å². The van der Waals surface area contributed by atoms with Crippen LogP contribution in [0.15, 0.2) is 71.5 Å². The first-order valence-electron chi connectivity index (χ1n) is 7.84. The van der Waals surface area contributed by atoms with Crippen molar-refractivity contribution in [2.24, 2.45) is 0 Å². The maximum Gasteiger partial charge on any atom is 0.318 e. The van der Waals surface area contributed by atoms with Crippen LogP contribution in [0.2, 0.25) is 0 Å². The second kappa shape index (κ2) is 7.61. The average molecular weight is 339 g/mol. The number of furan rings is 1. The van der Waals surface area contributed by atoms with E-state index >= 15 is 0 Å². The average Bonchev–Trinajstić information content (AvgIpc) is 3.13. The van der Waals surface area contributed by atoms with E-state index < -0.39 is 6.04 Å². The zero-order valence-corrected chi connectivity index (χ0v) is 13.7. The summed E-state index contributed by atoms with van der Waals surface area (Å²) in [6.07, 6.45) is 3.20. The Morgan fingerprint density at radius 3 is 2.80 bits per heavy atom. The topological polar surface area (TPSA) is 58.4 Å². The van der Waals surface area contributed by atoms with E-state index in [4.69, 9.17) is 4.42 Å². The van der Waals surface area contributed by atoms with Gasteiger partial charge in [-0.25, -0.2) is 9.18 Å². The molecule has 2 heterocycles. The van der Waals surface area contributed by atoms with Crippen LogP contribution >= 0.6 is 0 Å². The number of benzene rings is 1. The molecule has 1 atom stereocenters. The minimum Gasteiger partial charge on any atom is -0.467 e. The first-order valence-corrected chi connectivity index (χ1v) is 7.84. The van der Waals surface area contributed by atoms with Crippen molar-refractivity contribution in [2.75, 3.05) is 7.05 Å². The summed E-state index contributed by atoms with van der Waals surface area (Å²) in [5.41, 5.74) is 1.26. The number of pyridine rings is 1. The van der Waals surface area contributed by atoms with Crippen LogP contribution in [0.1, 0.15) is 23.1 Å². The Morgan fingerprint density at radius 1 is 1.24 bits per heavy atom. The zero-order valence-electron chi connectivity index (χ0n) is 13.7. The van der Waals surface area contributed by atoms with Gasteiger partial charge in [-0.2, -0.15) is 0 Å². The molecule has 0 fully saturated rings. The molecule has 128 valence electrons. The van der Waals surface area contributed by atoms with Gasteiger partial charge in [0.15, 0.2) is 0 Å². The molecule has 25 heavy (non-hydrogen) atoms. The highest BCUT2D eigenvalue weighted by Gasteiger charge is 2.21. The van der Waals surface area contributed by atoms with Crippen molar-refractivity contribution in [3.63, 3.8) is 0 Å². The minimum absolute atomic E-state index is 0.309. The van der Waals surface area contributed by atoms with Crippen molar-refractivity contribution >= 4 is 6.03 Å². The number of rotatable bonds is 5. The van der Waals surface area contributed by atoms with Gasteiger partial charge in [0, 0.05) is 13.2 Å². The van der Waals surface area contributed by atoms with Crippen molar-refractivity contribution in [3.05, 3.63) is 89.9 Å². The summed E-state index contributed by atoms with van der Waals surface area (Å²) in [6.45, 7) is 0.330. The van der Waals surface area contributed by atoms with Crippen molar-refractivity contribution < 1.29 is 13.6 Å². The Balaban J connectivity index is 1.81. The molecule has 2 amide bonds. The molecule has 1 aromatic carbocycles. The lowest BCUT2D eigenvalue weighted by molar-refractivity contribution is 0.200. The van der Waals surface area contributed by atoms with Gasteiger partial charge in [-0.05, 0) is 42.0 Å². The van der Waals surface area contributed by atoms with E-state index in [9.17, 15) is 9.18 Å². The molecule has 0 aliphatic rings. The number of hydrogen-bond acceptors (Lipinski definition) is 3. The van der Waals surface area contributed by atoms with E-state index in [1.165, 1.54) is 17.0 Å². The van der Waals surface area contributed by atoms with Gasteiger partial charge in [-0.15, -0.1) is 0 Å². The third-order valence-electron chi connectivity index (χ3n) is 3.75. The fourth-order valence-electron chi connectivity index (χ4n) is 2.50. The summed E-state index contributed by atoms with van der Waals surface area (Å²) in [6, 6.07) is 14.2. The summed E-state index contributed by atoms with van der Waals surface area (Å²) in [5.74, 6) is 0.314. The van der Waals surface area contributed by atoms with Crippen molar-refractivity contribution in [1.29, 1.82) is 0 Å². The van der Waals surface area contributed by atoms with E-state index in [0.29, 0.717) is 23.6 Å². The number of halogens is 1. The van der Waals surface area contributed by atoms with Crippen molar-refractivity contribution in [2.45, 2.75) is 12.6 Å². The highest BCUT2D eigenvalue weighted by atomic mass is 19.1. The van der Waals surface area contributed by atoms with Gasteiger partial charge < -0.3 is 14.6 Å². The Morgan fingerprint density at radius 2 is 2.12 bits per heavy atom. The smallest absolute Gasteiger partial charge is 0.318 e. The third kappa shape index (κ3) is 4.23. The summed E-state index contributed by atoms with van der Waals surface area (Å²) in [5, 5.41) is 2.91. The number of hydrogen-bond donors (Lipinski definition) is 1. The van der Waals surface area contributed by atoms with Crippen LogP contribution in [-0.4, -0.2) is 23.0 Å². The van der Waals surface area contributed by atoms with Crippen LogP contribution < -0.4 is 5.32 Å². The molecule has 3 rings (SSSR count). The molecule has 0 bridgehead atoms. The minimum atomic E-state index is -0.552. The number of carbonyl (C=O) groups is 1. The van der Waals surface area contributed by atoms with Gasteiger partial charge in [0.25, 0.3) is 0 Å². The molecule has 5 nitrogen and oxygen atoms in total. The number of urea groups is 1. The van der Waals surface area contributed by atoms with Gasteiger partial charge in [0.1, 0.15) is 11.6 Å². The molecule has 0 radical (unpaired) electrons. The summed E-state index contributed by atoms with van der Waals surface area (Å²) in [4.78, 5) is 18.4. The normalized spacial score (nSPS) is 11.8. The third-order valence-corrected chi connectivity index (χ3v) is 3.75. The Labute approximate surface area is 145 Å². The van der Waals surface area contributed by atoms with Crippen molar-refractivity contribution in [3.8, 4) is 0 Å². The largest absolute Gasteiger partial charge is 0.467 e. The van der Waals surface area contributed by atoms with Gasteiger partial charge in [0.05, 0.1) is 24.5 Å². The second-order valence-electron chi connectivity index (χ2n) is 5.63. The molecule has 0 unspecified atom stereocenters. The van der Waals surface area contributed by atoms with Crippen LogP contribution in [0.3, 0.4) is 0 Å². The molecule has 0 saturated heterocycles. The Hall–Kier alpha value is -3.15. The molecule has 3 aromatic rings. The lowest BCUT2D eigenvalue weighted by Gasteiger charge is -2.23. The Bertz CT molecular complexity index is 822. The van der Waals surface area contributed by atoms with E-state index in [-0.39, 0.29) is 11.8 Å². The van der Waals surface area contributed by atoms with Gasteiger partial charge >= 0.3 is 6.03 Å². The predicted octanol–water partition coefficient (Wildman–Crippen LogP) is 3.74. The maximum atomic E-state index is 13.6. The fourth-order valence-corrected chi connectivity index (χ4v) is 2.50. The van der Waals surface area contributed by atoms with Gasteiger partial charge in [-0.1, -0.05) is 18.2 Å².